The van der Waals surface area contributed by atoms with Gasteiger partial charge in [-0.2, -0.15) is 0 Å². The Hall–Kier alpha value is -0.990. The lowest BCUT2D eigenvalue weighted by Gasteiger charge is -2.03. The summed E-state index contributed by atoms with van der Waals surface area (Å²) in [5.74, 6) is -0.176. The fraction of sp³-hybridized carbons (Fsp3) is 0.870. The van der Waals surface area contributed by atoms with E-state index in [1.807, 2.05) is 0 Å². The number of Topliss-reactive ketones (excluding diaryl/α,β-unsaturated/α-hetero) is 3. The molecule has 0 aliphatic rings. The normalized spacial score (nSPS) is 10.8. The maximum Gasteiger partial charge on any atom is 0.147 e. The number of hydrogen-bond donors (Lipinski definition) is 0. The Morgan fingerprint density at radius 2 is 0.731 bits per heavy atom. The molecule has 0 amide bonds. The molecule has 0 aromatic heterocycles. The van der Waals surface area contributed by atoms with Crippen LogP contribution in [0.3, 0.4) is 0 Å². The van der Waals surface area contributed by atoms with Gasteiger partial charge >= 0.3 is 0 Å². The molecule has 0 aliphatic carbocycles. The molecule has 3 heteroatoms. The lowest BCUT2D eigenvalue weighted by molar-refractivity contribution is -0.130. The predicted molar refractivity (Wildman–Crippen MR) is 109 cm³/mol. The van der Waals surface area contributed by atoms with Gasteiger partial charge < -0.3 is 0 Å². The Morgan fingerprint density at radius 1 is 0.423 bits per heavy atom. The van der Waals surface area contributed by atoms with Gasteiger partial charge in [-0.05, 0) is 12.8 Å². The van der Waals surface area contributed by atoms with Crippen LogP contribution in [0.5, 0.6) is 0 Å². The third kappa shape index (κ3) is 17.8. The highest BCUT2D eigenvalue weighted by molar-refractivity contribution is 6.07. The van der Waals surface area contributed by atoms with Crippen molar-refractivity contribution in [2.24, 2.45) is 0 Å². The first-order valence-corrected chi connectivity index (χ1v) is 11.1. The Balaban J connectivity index is 3.55. The minimum Gasteiger partial charge on any atom is -0.299 e. The van der Waals surface area contributed by atoms with E-state index in [1.165, 1.54) is 64.2 Å². The fourth-order valence-electron chi connectivity index (χ4n) is 3.24. The number of unbranched alkanes of at least 4 members (excludes halogenated alkanes) is 12. The Morgan fingerprint density at radius 3 is 1.08 bits per heavy atom. The number of ketones is 3. The van der Waals surface area contributed by atoms with E-state index in [-0.39, 0.29) is 30.2 Å². The summed E-state index contributed by atoms with van der Waals surface area (Å²) in [6.45, 7) is 4.41. The van der Waals surface area contributed by atoms with Gasteiger partial charge in [0.05, 0.1) is 12.8 Å². The molecule has 0 aromatic rings. The summed E-state index contributed by atoms with van der Waals surface area (Å²) < 4.78 is 0. The van der Waals surface area contributed by atoms with Crippen LogP contribution in [0.4, 0.5) is 0 Å². The van der Waals surface area contributed by atoms with Crippen LogP contribution in [0.15, 0.2) is 0 Å². The molecule has 3 nitrogen and oxygen atoms in total. The molecule has 0 bridgehead atoms. The van der Waals surface area contributed by atoms with Gasteiger partial charge in [0.25, 0.3) is 0 Å². The monoisotopic (exact) mass is 366 g/mol. The number of carbonyl (C=O) groups excluding carboxylic acids is 3. The van der Waals surface area contributed by atoms with Gasteiger partial charge in [-0.25, -0.2) is 0 Å². The number of rotatable bonds is 20. The van der Waals surface area contributed by atoms with Gasteiger partial charge in [-0.1, -0.05) is 90.9 Å². The highest BCUT2D eigenvalue weighted by Gasteiger charge is 2.13. The van der Waals surface area contributed by atoms with Crippen LogP contribution >= 0.6 is 0 Å². The Kier molecular flexibility index (Phi) is 18.1. The van der Waals surface area contributed by atoms with Gasteiger partial charge in [-0.3, -0.25) is 14.4 Å². The lowest BCUT2D eigenvalue weighted by Crippen LogP contribution is -2.12. The zero-order valence-electron chi connectivity index (χ0n) is 17.5. The van der Waals surface area contributed by atoms with Crippen molar-refractivity contribution in [3.8, 4) is 0 Å². The van der Waals surface area contributed by atoms with E-state index < -0.39 is 0 Å². The first kappa shape index (κ1) is 25.0. The standard InChI is InChI=1S/C23H42O3/c1-3-5-7-9-11-13-15-17-21(24)19-23(26)20-22(25)18-16-14-12-10-8-6-4-2/h3-20H2,1-2H3. The first-order chi connectivity index (χ1) is 12.6. The van der Waals surface area contributed by atoms with Crippen molar-refractivity contribution >= 4 is 17.3 Å². The third-order valence-corrected chi connectivity index (χ3v) is 4.91. The molecule has 0 unspecified atom stereocenters. The average Bonchev–Trinajstić information content (AvgIpc) is 2.60. The van der Waals surface area contributed by atoms with Gasteiger partial charge in [-0.15, -0.1) is 0 Å². The maximum atomic E-state index is 11.8. The second-order valence-electron chi connectivity index (χ2n) is 7.71. The Labute approximate surface area is 161 Å². The molecule has 0 atom stereocenters. The molecule has 0 aromatic carbocycles. The van der Waals surface area contributed by atoms with E-state index in [2.05, 4.69) is 13.8 Å². The van der Waals surface area contributed by atoms with Crippen molar-refractivity contribution in [2.45, 2.75) is 129 Å². The number of carbonyl (C=O) groups is 3. The molecule has 0 N–H and O–H groups in total. The van der Waals surface area contributed by atoms with E-state index in [9.17, 15) is 14.4 Å². The van der Waals surface area contributed by atoms with Crippen molar-refractivity contribution in [3.63, 3.8) is 0 Å². The summed E-state index contributed by atoms with van der Waals surface area (Å²) in [6.07, 6.45) is 17.3. The molecule has 0 rings (SSSR count). The second kappa shape index (κ2) is 18.8. The van der Waals surface area contributed by atoms with Crippen LogP contribution in [-0.2, 0) is 14.4 Å². The van der Waals surface area contributed by atoms with Crippen molar-refractivity contribution in [1.82, 2.24) is 0 Å². The smallest absolute Gasteiger partial charge is 0.147 e. The van der Waals surface area contributed by atoms with E-state index in [1.54, 1.807) is 0 Å². The van der Waals surface area contributed by atoms with Crippen LogP contribution in [0.2, 0.25) is 0 Å². The first-order valence-electron chi connectivity index (χ1n) is 11.1. The highest BCUT2D eigenvalue weighted by Crippen LogP contribution is 2.11. The molecule has 26 heavy (non-hydrogen) atoms. The molecular weight excluding hydrogens is 324 g/mol. The minimum atomic E-state index is -0.189. The predicted octanol–water partition coefficient (Wildman–Crippen LogP) is 6.76. The molecule has 0 saturated carbocycles. The quantitative estimate of drug-likeness (QED) is 0.177. The van der Waals surface area contributed by atoms with Gasteiger partial charge in [0.2, 0.25) is 0 Å². The second-order valence-corrected chi connectivity index (χ2v) is 7.71. The van der Waals surface area contributed by atoms with E-state index in [0.717, 1.165) is 25.7 Å². The molecule has 152 valence electrons. The zero-order chi connectivity index (χ0) is 19.5. The van der Waals surface area contributed by atoms with Gasteiger partial charge in [0.15, 0.2) is 0 Å². The molecule has 0 aliphatic heterocycles. The lowest BCUT2D eigenvalue weighted by atomic mass is 10.0. The van der Waals surface area contributed by atoms with E-state index in [0.29, 0.717) is 12.8 Å². The minimum absolute atomic E-state index is 0.00674. The van der Waals surface area contributed by atoms with Crippen LogP contribution in [0.1, 0.15) is 129 Å². The topological polar surface area (TPSA) is 51.2 Å². The van der Waals surface area contributed by atoms with E-state index in [4.69, 9.17) is 0 Å². The SMILES string of the molecule is CCCCCCCCCC(=O)CC(=O)CC(=O)CCCCCCCCC. The van der Waals surface area contributed by atoms with Crippen molar-refractivity contribution in [2.75, 3.05) is 0 Å². The summed E-state index contributed by atoms with van der Waals surface area (Å²) in [7, 11) is 0. The van der Waals surface area contributed by atoms with Crippen LogP contribution in [-0.4, -0.2) is 17.3 Å². The Bertz CT molecular complexity index is 340. The molecule has 0 heterocycles. The molecular formula is C23H42O3. The molecule has 0 spiro atoms. The maximum absolute atomic E-state index is 11.8. The summed E-state index contributed by atoms with van der Waals surface area (Å²) in [6, 6.07) is 0. The largest absolute Gasteiger partial charge is 0.299 e. The van der Waals surface area contributed by atoms with Gasteiger partial charge in [0, 0.05) is 12.8 Å². The van der Waals surface area contributed by atoms with Crippen LogP contribution < -0.4 is 0 Å². The summed E-state index contributed by atoms with van der Waals surface area (Å²) in [4.78, 5) is 35.5. The summed E-state index contributed by atoms with van der Waals surface area (Å²) in [5, 5.41) is 0. The zero-order valence-corrected chi connectivity index (χ0v) is 17.5. The molecule has 0 fully saturated rings. The molecule has 0 saturated heterocycles. The van der Waals surface area contributed by atoms with Crippen LogP contribution in [0, 0.1) is 0 Å². The van der Waals surface area contributed by atoms with Crippen molar-refractivity contribution in [1.29, 1.82) is 0 Å². The van der Waals surface area contributed by atoms with Crippen LogP contribution in [0.25, 0.3) is 0 Å². The third-order valence-electron chi connectivity index (χ3n) is 4.91. The highest BCUT2D eigenvalue weighted by atomic mass is 16.2. The average molecular weight is 367 g/mol. The summed E-state index contributed by atoms with van der Waals surface area (Å²) in [5.41, 5.74) is 0. The van der Waals surface area contributed by atoms with Gasteiger partial charge in [0.1, 0.15) is 17.3 Å². The molecule has 0 radical (unpaired) electrons. The van der Waals surface area contributed by atoms with Crippen molar-refractivity contribution in [3.05, 3.63) is 0 Å². The van der Waals surface area contributed by atoms with Crippen molar-refractivity contribution < 1.29 is 14.4 Å². The fourth-order valence-corrected chi connectivity index (χ4v) is 3.24. The summed E-state index contributed by atoms with van der Waals surface area (Å²) >= 11 is 0. The number of hydrogen-bond acceptors (Lipinski definition) is 3. The van der Waals surface area contributed by atoms with E-state index >= 15 is 0 Å².